The zero-order chi connectivity index (χ0) is 20.5. The summed E-state index contributed by atoms with van der Waals surface area (Å²) < 4.78 is 1.58. The third kappa shape index (κ3) is 3.29. The van der Waals surface area contributed by atoms with Gasteiger partial charge in [0, 0.05) is 11.6 Å². The molecule has 3 N–H and O–H groups in total. The van der Waals surface area contributed by atoms with Crippen molar-refractivity contribution >= 4 is 23.0 Å². The van der Waals surface area contributed by atoms with Gasteiger partial charge in [-0.15, -0.1) is 0 Å². The lowest BCUT2D eigenvalue weighted by Gasteiger charge is -2.28. The molecule has 2 aromatic heterocycles. The molecule has 0 saturated heterocycles. The van der Waals surface area contributed by atoms with Crippen molar-refractivity contribution in [3.63, 3.8) is 0 Å². The zero-order valence-electron chi connectivity index (χ0n) is 15.4. The fraction of sp³-hybridized carbons (Fsp3) is 0.300. The summed E-state index contributed by atoms with van der Waals surface area (Å²) in [6.45, 7) is 0. The van der Waals surface area contributed by atoms with Crippen molar-refractivity contribution in [3.8, 4) is 17.3 Å². The second-order valence-corrected chi connectivity index (χ2v) is 7.10. The van der Waals surface area contributed by atoms with E-state index in [0.29, 0.717) is 48.0 Å². The minimum atomic E-state index is -0.805. The van der Waals surface area contributed by atoms with Crippen molar-refractivity contribution in [2.75, 3.05) is 5.73 Å². The van der Waals surface area contributed by atoms with Gasteiger partial charge in [0.05, 0.1) is 17.6 Å². The number of aromatic nitrogens is 4. The number of aliphatic carboxylic acids is 1. The third-order valence-corrected chi connectivity index (χ3v) is 5.40. The van der Waals surface area contributed by atoms with Gasteiger partial charge in [-0.2, -0.15) is 5.26 Å². The van der Waals surface area contributed by atoms with Crippen LogP contribution in [0.25, 0.3) is 22.4 Å². The summed E-state index contributed by atoms with van der Waals surface area (Å²) >= 11 is 0. The molecule has 1 aliphatic carbocycles. The van der Waals surface area contributed by atoms with E-state index < -0.39 is 11.9 Å². The maximum Gasteiger partial charge on any atom is 0.306 e. The average Bonchev–Trinajstić information content (AvgIpc) is 2.74. The first-order chi connectivity index (χ1) is 14.0. The summed E-state index contributed by atoms with van der Waals surface area (Å²) in [5.74, 6) is -1.04. The number of carboxylic acid groups (broad SMARTS) is 1. The van der Waals surface area contributed by atoms with Crippen LogP contribution in [0, 0.1) is 17.2 Å². The van der Waals surface area contributed by atoms with Gasteiger partial charge in [0.1, 0.15) is 17.5 Å². The van der Waals surface area contributed by atoms with Crippen molar-refractivity contribution in [1.82, 2.24) is 19.5 Å². The largest absolute Gasteiger partial charge is 0.481 e. The minimum Gasteiger partial charge on any atom is -0.481 e. The highest BCUT2D eigenvalue weighted by atomic mass is 16.4. The van der Waals surface area contributed by atoms with E-state index in [1.54, 1.807) is 28.8 Å². The molecule has 4 rings (SSSR count). The summed E-state index contributed by atoms with van der Waals surface area (Å²) in [5, 5.41) is 18.3. The van der Waals surface area contributed by atoms with E-state index in [1.807, 2.05) is 6.07 Å². The van der Waals surface area contributed by atoms with Crippen LogP contribution in [0.5, 0.6) is 0 Å². The number of fused-ring (bicyclic) bond motifs is 1. The number of nitrogens with zero attached hydrogens (tertiary/aromatic N) is 5. The second kappa shape index (κ2) is 7.31. The summed E-state index contributed by atoms with van der Waals surface area (Å²) in [5.41, 5.74) is 7.60. The Kier molecular flexibility index (Phi) is 4.68. The van der Waals surface area contributed by atoms with E-state index in [2.05, 4.69) is 15.0 Å². The molecule has 0 aliphatic heterocycles. The van der Waals surface area contributed by atoms with Crippen LogP contribution in [0.1, 0.15) is 37.3 Å². The Balaban J connectivity index is 1.88. The molecule has 0 amide bonds. The van der Waals surface area contributed by atoms with Gasteiger partial charge < -0.3 is 10.8 Å². The number of hydrogen-bond acceptors (Lipinski definition) is 7. The molecule has 3 aromatic rings. The first-order valence-electron chi connectivity index (χ1n) is 9.25. The summed E-state index contributed by atoms with van der Waals surface area (Å²) in [6, 6.07) is 8.42. The molecule has 1 saturated carbocycles. The number of carbonyl (C=O) groups is 1. The molecular weight excluding hydrogens is 372 g/mol. The van der Waals surface area contributed by atoms with Gasteiger partial charge >= 0.3 is 5.97 Å². The standard InChI is InChI=1S/C20H18N6O3/c21-9-11-1-3-12(4-2-11)15-19(27)26(14-7-5-13(6-8-14)20(28)29)18-16(25-15)17(22)23-10-24-18/h1-4,10,13-14H,5-8H2,(H,28,29)(H2,22,23,24). The molecule has 0 spiro atoms. The van der Waals surface area contributed by atoms with Crippen LogP contribution in [0.2, 0.25) is 0 Å². The Morgan fingerprint density at radius 1 is 1.17 bits per heavy atom. The molecule has 2 heterocycles. The number of anilines is 1. The predicted octanol–water partition coefficient (Wildman–Crippen LogP) is 2.12. The van der Waals surface area contributed by atoms with E-state index in [0.717, 1.165) is 0 Å². The smallest absolute Gasteiger partial charge is 0.306 e. The molecule has 1 fully saturated rings. The SMILES string of the molecule is N#Cc1ccc(-c2nc3c(N)ncnc3n(C3CCC(C(=O)O)CC3)c2=O)cc1. The van der Waals surface area contributed by atoms with E-state index in [-0.39, 0.29) is 23.1 Å². The molecule has 146 valence electrons. The molecule has 1 aliphatic rings. The minimum absolute atomic E-state index is 0.165. The monoisotopic (exact) mass is 390 g/mol. The van der Waals surface area contributed by atoms with Crippen LogP contribution in [0.4, 0.5) is 5.82 Å². The first kappa shape index (κ1) is 18.6. The molecule has 9 nitrogen and oxygen atoms in total. The fourth-order valence-corrected chi connectivity index (χ4v) is 3.85. The van der Waals surface area contributed by atoms with Gasteiger partial charge in [0.25, 0.3) is 5.56 Å². The quantitative estimate of drug-likeness (QED) is 0.691. The Morgan fingerprint density at radius 3 is 2.48 bits per heavy atom. The van der Waals surface area contributed by atoms with Gasteiger partial charge in [-0.05, 0) is 37.8 Å². The predicted molar refractivity (Wildman–Crippen MR) is 105 cm³/mol. The summed E-state index contributed by atoms with van der Waals surface area (Å²) in [7, 11) is 0. The molecule has 0 bridgehead atoms. The maximum absolute atomic E-state index is 13.4. The van der Waals surface area contributed by atoms with Crippen LogP contribution in [0.3, 0.4) is 0 Å². The van der Waals surface area contributed by atoms with Gasteiger partial charge in [0.15, 0.2) is 11.5 Å². The van der Waals surface area contributed by atoms with Gasteiger partial charge in [0.2, 0.25) is 0 Å². The Bertz CT molecular complexity index is 1190. The van der Waals surface area contributed by atoms with E-state index in [9.17, 15) is 14.7 Å². The van der Waals surface area contributed by atoms with E-state index in [1.165, 1.54) is 6.33 Å². The Labute approximate surface area is 165 Å². The number of rotatable bonds is 3. The van der Waals surface area contributed by atoms with Crippen molar-refractivity contribution in [2.24, 2.45) is 5.92 Å². The average molecular weight is 390 g/mol. The number of nitriles is 1. The molecule has 9 heteroatoms. The lowest BCUT2D eigenvalue weighted by molar-refractivity contribution is -0.143. The summed E-state index contributed by atoms with van der Waals surface area (Å²) in [6.07, 6.45) is 3.37. The highest BCUT2D eigenvalue weighted by molar-refractivity contribution is 5.83. The van der Waals surface area contributed by atoms with Crippen LogP contribution < -0.4 is 11.3 Å². The lowest BCUT2D eigenvalue weighted by atomic mass is 9.86. The second-order valence-electron chi connectivity index (χ2n) is 7.10. The number of nitrogens with two attached hydrogens (primary N) is 1. The normalized spacial score (nSPS) is 19.0. The zero-order valence-corrected chi connectivity index (χ0v) is 15.4. The van der Waals surface area contributed by atoms with Gasteiger partial charge in [-0.3, -0.25) is 14.2 Å². The van der Waals surface area contributed by atoms with Crippen LogP contribution in [0.15, 0.2) is 35.4 Å². The molecule has 0 atom stereocenters. The van der Waals surface area contributed by atoms with Crippen LogP contribution in [-0.2, 0) is 4.79 Å². The van der Waals surface area contributed by atoms with Crippen molar-refractivity contribution < 1.29 is 9.90 Å². The molecular formula is C20H18N6O3. The first-order valence-corrected chi connectivity index (χ1v) is 9.25. The number of hydrogen-bond donors (Lipinski definition) is 2. The van der Waals surface area contributed by atoms with Crippen molar-refractivity contribution in [2.45, 2.75) is 31.7 Å². The number of carboxylic acids is 1. The number of benzene rings is 1. The Hall–Kier alpha value is -3.80. The highest BCUT2D eigenvalue weighted by Gasteiger charge is 2.29. The van der Waals surface area contributed by atoms with E-state index >= 15 is 0 Å². The molecule has 0 unspecified atom stereocenters. The van der Waals surface area contributed by atoms with Crippen molar-refractivity contribution in [1.29, 1.82) is 5.26 Å². The maximum atomic E-state index is 13.4. The van der Waals surface area contributed by atoms with Gasteiger partial charge in [-0.1, -0.05) is 12.1 Å². The summed E-state index contributed by atoms with van der Waals surface area (Å²) in [4.78, 5) is 37.3. The third-order valence-electron chi connectivity index (χ3n) is 5.40. The molecule has 1 aromatic carbocycles. The van der Waals surface area contributed by atoms with E-state index in [4.69, 9.17) is 11.0 Å². The number of nitrogen functional groups attached to an aromatic ring is 1. The highest BCUT2D eigenvalue weighted by Crippen LogP contribution is 2.33. The Morgan fingerprint density at radius 2 is 1.86 bits per heavy atom. The van der Waals surface area contributed by atoms with Crippen molar-refractivity contribution in [3.05, 3.63) is 46.5 Å². The molecule has 0 radical (unpaired) electrons. The molecule has 29 heavy (non-hydrogen) atoms. The lowest BCUT2D eigenvalue weighted by Crippen LogP contribution is -2.32. The fourth-order valence-electron chi connectivity index (χ4n) is 3.85. The van der Waals surface area contributed by atoms with Gasteiger partial charge in [-0.25, -0.2) is 15.0 Å². The topological polar surface area (TPSA) is 148 Å². The van der Waals surface area contributed by atoms with Crippen LogP contribution in [-0.4, -0.2) is 30.6 Å². The van der Waals surface area contributed by atoms with Crippen LogP contribution >= 0.6 is 0 Å².